The van der Waals surface area contributed by atoms with Gasteiger partial charge in [0, 0.05) is 13.1 Å². The van der Waals surface area contributed by atoms with Crippen molar-refractivity contribution in [3.8, 4) is 5.75 Å². The van der Waals surface area contributed by atoms with Crippen molar-refractivity contribution < 1.29 is 4.74 Å². The summed E-state index contributed by atoms with van der Waals surface area (Å²) in [5.41, 5.74) is 4.91. The molecular weight excluding hydrogens is 228 g/mol. The molecule has 2 rings (SSSR count). The van der Waals surface area contributed by atoms with Gasteiger partial charge in [0.2, 0.25) is 5.96 Å². The van der Waals surface area contributed by atoms with Crippen molar-refractivity contribution in [2.45, 2.75) is 13.3 Å². The van der Waals surface area contributed by atoms with E-state index >= 15 is 0 Å². The van der Waals surface area contributed by atoms with E-state index in [1.807, 2.05) is 31.2 Å². The number of hydrogen-bond donors (Lipinski definition) is 2. The number of ether oxygens (including phenoxy) is 1. The van der Waals surface area contributed by atoms with Crippen molar-refractivity contribution in [3.05, 3.63) is 29.8 Å². The summed E-state index contributed by atoms with van der Waals surface area (Å²) in [7, 11) is 1.66. The Balaban J connectivity index is 2.00. The second-order valence-electron chi connectivity index (χ2n) is 4.05. The number of benzene rings is 1. The molecule has 0 saturated carbocycles. The number of nitrogens with one attached hydrogen (secondary N) is 2. The van der Waals surface area contributed by atoms with Gasteiger partial charge in [0.25, 0.3) is 0 Å². The Bertz CT molecular complexity index is 451. The number of hydrogen-bond acceptors (Lipinski definition) is 5. The lowest BCUT2D eigenvalue weighted by atomic mass is 10.1. The van der Waals surface area contributed by atoms with Crippen molar-refractivity contribution in [1.82, 2.24) is 10.7 Å². The van der Waals surface area contributed by atoms with Crippen LogP contribution in [0.1, 0.15) is 18.9 Å². The standard InChI is InChI=1S/C13H18N4O/c1-10(11-4-6-12(18-2)7-5-11)16-17-13-14-8-3-9-15-13/h4-7H,3,8-9H2,1-2H3,(H2,14,15,17)/b16-10-. The second kappa shape index (κ2) is 6.05. The van der Waals surface area contributed by atoms with Gasteiger partial charge in [-0.3, -0.25) is 4.99 Å². The molecule has 2 N–H and O–H groups in total. The molecule has 18 heavy (non-hydrogen) atoms. The topological polar surface area (TPSA) is 58.0 Å². The summed E-state index contributed by atoms with van der Waals surface area (Å²) in [6.07, 6.45) is 1.08. The fourth-order valence-electron chi connectivity index (χ4n) is 1.64. The zero-order valence-electron chi connectivity index (χ0n) is 10.7. The first kappa shape index (κ1) is 12.4. The molecule has 0 aromatic heterocycles. The molecule has 1 heterocycles. The van der Waals surface area contributed by atoms with E-state index in [-0.39, 0.29) is 0 Å². The highest BCUT2D eigenvalue weighted by molar-refractivity contribution is 5.99. The maximum atomic E-state index is 5.12. The second-order valence-corrected chi connectivity index (χ2v) is 4.05. The molecule has 1 aromatic rings. The van der Waals surface area contributed by atoms with Crippen molar-refractivity contribution in [2.24, 2.45) is 10.1 Å². The number of guanidine groups is 1. The minimum atomic E-state index is 0.745. The molecule has 96 valence electrons. The van der Waals surface area contributed by atoms with E-state index in [0.717, 1.165) is 42.5 Å². The van der Waals surface area contributed by atoms with Crippen LogP contribution in [-0.2, 0) is 0 Å². The number of hydrazone groups is 1. The average molecular weight is 246 g/mol. The Hall–Kier alpha value is -2.04. The van der Waals surface area contributed by atoms with Gasteiger partial charge in [-0.15, -0.1) is 0 Å². The van der Waals surface area contributed by atoms with Crippen LogP contribution in [-0.4, -0.2) is 31.9 Å². The van der Waals surface area contributed by atoms with Gasteiger partial charge in [-0.05, 0) is 43.2 Å². The largest absolute Gasteiger partial charge is 0.497 e. The smallest absolute Gasteiger partial charge is 0.212 e. The Labute approximate surface area is 107 Å². The third kappa shape index (κ3) is 3.23. The summed E-state index contributed by atoms with van der Waals surface area (Å²) < 4.78 is 5.12. The lowest BCUT2D eigenvalue weighted by Crippen LogP contribution is -2.38. The molecule has 0 spiro atoms. The lowest BCUT2D eigenvalue weighted by molar-refractivity contribution is 0.415. The number of aliphatic imine (C=N–C) groups is 1. The molecule has 0 aliphatic carbocycles. The number of rotatable bonds is 3. The van der Waals surface area contributed by atoms with Crippen LogP contribution in [0.3, 0.4) is 0 Å². The molecule has 0 amide bonds. The fraction of sp³-hybridized carbons (Fsp3) is 0.385. The minimum Gasteiger partial charge on any atom is -0.497 e. The summed E-state index contributed by atoms with van der Waals surface area (Å²) in [5.74, 6) is 1.59. The predicted molar refractivity (Wildman–Crippen MR) is 73.3 cm³/mol. The van der Waals surface area contributed by atoms with Crippen LogP contribution in [0.5, 0.6) is 5.75 Å². The minimum absolute atomic E-state index is 0.745. The highest BCUT2D eigenvalue weighted by Gasteiger charge is 2.03. The summed E-state index contributed by atoms with van der Waals surface area (Å²) in [6, 6.07) is 7.81. The van der Waals surface area contributed by atoms with Gasteiger partial charge in [-0.25, -0.2) is 5.43 Å². The molecule has 0 saturated heterocycles. The highest BCUT2D eigenvalue weighted by Crippen LogP contribution is 2.11. The highest BCUT2D eigenvalue weighted by atomic mass is 16.5. The van der Waals surface area contributed by atoms with E-state index in [9.17, 15) is 0 Å². The van der Waals surface area contributed by atoms with E-state index in [1.54, 1.807) is 7.11 Å². The molecule has 0 radical (unpaired) electrons. The van der Waals surface area contributed by atoms with Gasteiger partial charge in [0.05, 0.1) is 12.8 Å². The maximum absolute atomic E-state index is 5.12. The van der Waals surface area contributed by atoms with E-state index < -0.39 is 0 Å². The molecule has 1 aromatic carbocycles. The predicted octanol–water partition coefficient (Wildman–Crippen LogP) is 1.36. The van der Waals surface area contributed by atoms with Crippen LogP contribution in [0.25, 0.3) is 0 Å². The van der Waals surface area contributed by atoms with Crippen LogP contribution < -0.4 is 15.5 Å². The van der Waals surface area contributed by atoms with Crippen LogP contribution in [0.15, 0.2) is 34.4 Å². The first-order valence-electron chi connectivity index (χ1n) is 6.02. The normalized spacial score (nSPS) is 15.7. The molecule has 0 bridgehead atoms. The van der Waals surface area contributed by atoms with E-state index in [0.29, 0.717) is 0 Å². The molecule has 5 nitrogen and oxygen atoms in total. The van der Waals surface area contributed by atoms with Crippen molar-refractivity contribution >= 4 is 11.7 Å². The molecular formula is C13H18N4O. The van der Waals surface area contributed by atoms with Gasteiger partial charge in [0.15, 0.2) is 0 Å². The summed E-state index contributed by atoms with van der Waals surface area (Å²) in [5, 5.41) is 7.46. The van der Waals surface area contributed by atoms with Gasteiger partial charge < -0.3 is 10.1 Å². The first-order valence-corrected chi connectivity index (χ1v) is 6.02. The molecule has 5 heteroatoms. The molecule has 0 unspecified atom stereocenters. The van der Waals surface area contributed by atoms with Crippen molar-refractivity contribution in [3.63, 3.8) is 0 Å². The van der Waals surface area contributed by atoms with Gasteiger partial charge in [0.1, 0.15) is 5.75 Å². The maximum Gasteiger partial charge on any atom is 0.212 e. The third-order valence-corrected chi connectivity index (χ3v) is 2.73. The lowest BCUT2D eigenvalue weighted by Gasteiger charge is -2.13. The van der Waals surface area contributed by atoms with Crippen molar-refractivity contribution in [2.75, 3.05) is 20.2 Å². The third-order valence-electron chi connectivity index (χ3n) is 2.73. The zero-order chi connectivity index (χ0) is 12.8. The van der Waals surface area contributed by atoms with Gasteiger partial charge >= 0.3 is 0 Å². The Morgan fingerprint density at radius 2 is 2.17 bits per heavy atom. The van der Waals surface area contributed by atoms with Crippen LogP contribution in [0.2, 0.25) is 0 Å². The summed E-state index contributed by atoms with van der Waals surface area (Å²) >= 11 is 0. The van der Waals surface area contributed by atoms with E-state index in [4.69, 9.17) is 4.74 Å². The summed E-state index contributed by atoms with van der Waals surface area (Å²) in [6.45, 7) is 3.76. The zero-order valence-corrected chi connectivity index (χ0v) is 10.7. The van der Waals surface area contributed by atoms with Crippen LogP contribution in [0.4, 0.5) is 0 Å². The quantitative estimate of drug-likeness (QED) is 0.625. The Morgan fingerprint density at radius 3 is 2.78 bits per heavy atom. The summed E-state index contributed by atoms with van der Waals surface area (Å²) in [4.78, 5) is 4.29. The van der Waals surface area contributed by atoms with Crippen LogP contribution >= 0.6 is 0 Å². The van der Waals surface area contributed by atoms with Crippen LogP contribution in [0, 0.1) is 0 Å². The average Bonchev–Trinajstić information content (AvgIpc) is 2.46. The SMILES string of the molecule is COc1ccc(/C(C)=N\NC2=NCCCN2)cc1. The number of methoxy groups -OCH3 is 1. The Morgan fingerprint density at radius 1 is 1.39 bits per heavy atom. The molecule has 1 aliphatic rings. The van der Waals surface area contributed by atoms with Gasteiger partial charge in [-0.2, -0.15) is 5.10 Å². The van der Waals surface area contributed by atoms with E-state index in [2.05, 4.69) is 20.8 Å². The molecule has 0 fully saturated rings. The monoisotopic (exact) mass is 246 g/mol. The van der Waals surface area contributed by atoms with Gasteiger partial charge in [-0.1, -0.05) is 0 Å². The molecule has 1 aliphatic heterocycles. The van der Waals surface area contributed by atoms with Crippen molar-refractivity contribution in [1.29, 1.82) is 0 Å². The fourth-order valence-corrected chi connectivity index (χ4v) is 1.64. The first-order chi connectivity index (χ1) is 8.79. The van der Waals surface area contributed by atoms with E-state index in [1.165, 1.54) is 0 Å². The molecule has 0 atom stereocenters. The Kier molecular flexibility index (Phi) is 4.17. The number of nitrogens with zero attached hydrogens (tertiary/aromatic N) is 2.